The van der Waals surface area contributed by atoms with Crippen LogP contribution in [0, 0.1) is 12.7 Å². The monoisotopic (exact) mass is 429 g/mol. The Morgan fingerprint density at radius 2 is 2.19 bits per heavy atom. The largest absolute Gasteiger partial charge is 0.477 e. The predicted molar refractivity (Wildman–Crippen MR) is 110 cm³/mol. The molecule has 162 valence electrons. The highest BCUT2D eigenvalue weighted by Crippen LogP contribution is 2.41. The average molecular weight is 429 g/mol. The average Bonchev–Trinajstić information content (AvgIpc) is 3.34. The Kier molecular flexibility index (Phi) is 4.27. The number of carboxylic acid groups (broad SMARTS) is 1. The molecule has 0 amide bonds. The van der Waals surface area contributed by atoms with E-state index in [1.165, 1.54) is 10.9 Å². The summed E-state index contributed by atoms with van der Waals surface area (Å²) < 4.78 is 27.8. The number of ether oxygens (including phenoxy) is 1. The number of halogens is 1. The smallest absolute Gasteiger partial charge is 0.341 e. The Hall–Kier alpha value is -3.76. The van der Waals surface area contributed by atoms with Crippen LogP contribution in [0.1, 0.15) is 22.5 Å². The number of aromatic nitrogens is 2. The third-order valence-corrected chi connectivity index (χ3v) is 5.63. The van der Waals surface area contributed by atoms with Crippen LogP contribution >= 0.6 is 0 Å². The van der Waals surface area contributed by atoms with E-state index in [0.717, 1.165) is 18.2 Å². The molecule has 1 atom stereocenters. The molecule has 3 aromatic rings. The number of pyridine rings is 1. The minimum absolute atomic E-state index is 0.0116. The Morgan fingerprint density at radius 3 is 2.90 bits per heavy atom. The summed E-state index contributed by atoms with van der Waals surface area (Å²) >= 11 is 0. The van der Waals surface area contributed by atoms with Crippen LogP contribution in [0.4, 0.5) is 16.0 Å². The molecular weight excluding hydrogens is 409 g/mol. The van der Waals surface area contributed by atoms with E-state index in [4.69, 9.17) is 9.26 Å². The van der Waals surface area contributed by atoms with Crippen molar-refractivity contribution < 1.29 is 23.6 Å². The molecule has 1 saturated heterocycles. The van der Waals surface area contributed by atoms with Gasteiger partial charge in [-0.25, -0.2) is 9.18 Å². The van der Waals surface area contributed by atoms with Crippen molar-refractivity contribution in [1.82, 2.24) is 9.83 Å². The van der Waals surface area contributed by atoms with Gasteiger partial charge in [0.1, 0.15) is 16.8 Å². The first-order valence-electron chi connectivity index (χ1n) is 9.77. The first-order chi connectivity index (χ1) is 14.8. The molecule has 0 radical (unpaired) electrons. The fraction of sp³-hybridized carbons (Fsp3) is 0.350. The van der Waals surface area contributed by atoms with Crippen molar-refractivity contribution in [1.29, 1.82) is 0 Å². The summed E-state index contributed by atoms with van der Waals surface area (Å²) in [5.41, 5.74) is 0.203. The molecule has 5 rings (SSSR count). The lowest BCUT2D eigenvalue weighted by atomic mass is 10.1. The van der Waals surface area contributed by atoms with Crippen LogP contribution in [0.5, 0.6) is 5.75 Å². The van der Waals surface area contributed by atoms with Crippen molar-refractivity contribution >= 4 is 28.4 Å². The maximum atomic E-state index is 15.3. The van der Waals surface area contributed by atoms with E-state index < -0.39 is 22.8 Å². The fourth-order valence-electron chi connectivity index (χ4n) is 4.18. The van der Waals surface area contributed by atoms with Crippen molar-refractivity contribution in [3.63, 3.8) is 0 Å². The number of benzene rings is 1. The highest BCUT2D eigenvalue weighted by Gasteiger charge is 2.33. The second-order valence-corrected chi connectivity index (χ2v) is 7.79. The molecule has 11 heteroatoms. The van der Waals surface area contributed by atoms with Crippen LogP contribution in [0.3, 0.4) is 0 Å². The third-order valence-electron chi connectivity index (χ3n) is 5.63. The highest BCUT2D eigenvalue weighted by molar-refractivity contribution is 5.97. The van der Waals surface area contributed by atoms with Gasteiger partial charge in [-0.1, -0.05) is 5.16 Å². The number of aryl methyl sites for hydroxylation is 1. The number of hydrogen-bond acceptors (Lipinski definition) is 8. The molecule has 2 aromatic heterocycles. The van der Waals surface area contributed by atoms with Gasteiger partial charge in [0.2, 0.25) is 11.3 Å². The predicted octanol–water partition coefficient (Wildman–Crippen LogP) is 1.74. The number of nitrogens with one attached hydrogen (secondary N) is 1. The van der Waals surface area contributed by atoms with E-state index in [9.17, 15) is 14.7 Å². The van der Waals surface area contributed by atoms with Crippen LogP contribution in [0.15, 0.2) is 27.6 Å². The van der Waals surface area contributed by atoms with Crippen molar-refractivity contribution in [2.75, 3.05) is 42.1 Å². The first kappa shape index (κ1) is 19.2. The molecule has 0 spiro atoms. The SMILES string of the molecule is Cc1cc(NC2CCN(c3c(F)cc4c(=O)c(C(=O)O)cn5c4c3OCN5C)C2)on1. The summed E-state index contributed by atoms with van der Waals surface area (Å²) in [6.45, 7) is 2.96. The maximum absolute atomic E-state index is 15.3. The number of carbonyl (C=O) groups is 1. The number of anilines is 2. The van der Waals surface area contributed by atoms with E-state index in [2.05, 4.69) is 10.5 Å². The summed E-state index contributed by atoms with van der Waals surface area (Å²) in [6, 6.07) is 2.90. The standard InChI is InChI=1S/C20H20FN5O5/c1-10-5-15(31-23-10)22-11-3-4-25(7-11)17-14(21)6-12-16-19(17)30-9-24(2)26(16)8-13(18(12)27)20(28)29/h5-6,8,11,22H,3-4,7,9H2,1-2H3,(H,28,29). The van der Waals surface area contributed by atoms with Gasteiger partial charge in [-0.2, -0.15) is 0 Å². The summed E-state index contributed by atoms with van der Waals surface area (Å²) in [7, 11) is 1.69. The Balaban J connectivity index is 1.58. The van der Waals surface area contributed by atoms with E-state index in [-0.39, 0.29) is 29.6 Å². The normalized spacial score (nSPS) is 17.8. The first-order valence-corrected chi connectivity index (χ1v) is 9.77. The zero-order valence-corrected chi connectivity index (χ0v) is 16.9. The van der Waals surface area contributed by atoms with Gasteiger partial charge in [-0.3, -0.25) is 14.5 Å². The van der Waals surface area contributed by atoms with Gasteiger partial charge >= 0.3 is 5.97 Å². The molecule has 2 aliphatic rings. The van der Waals surface area contributed by atoms with Crippen molar-refractivity contribution in [2.24, 2.45) is 0 Å². The Morgan fingerprint density at radius 1 is 1.39 bits per heavy atom. The van der Waals surface area contributed by atoms with Gasteiger partial charge in [0.15, 0.2) is 18.3 Å². The van der Waals surface area contributed by atoms with E-state index in [0.29, 0.717) is 24.5 Å². The van der Waals surface area contributed by atoms with Gasteiger partial charge in [-0.15, -0.1) is 0 Å². The Labute approximate surface area is 175 Å². The molecule has 2 N–H and O–H groups in total. The minimum Gasteiger partial charge on any atom is -0.477 e. The second-order valence-electron chi connectivity index (χ2n) is 7.79. The topological polar surface area (TPSA) is 113 Å². The van der Waals surface area contributed by atoms with Gasteiger partial charge in [-0.05, 0) is 19.4 Å². The van der Waals surface area contributed by atoms with Crippen LogP contribution in [-0.2, 0) is 0 Å². The lowest BCUT2D eigenvalue weighted by Crippen LogP contribution is -2.40. The summed E-state index contributed by atoms with van der Waals surface area (Å²) in [6.07, 6.45) is 1.99. The van der Waals surface area contributed by atoms with E-state index in [1.807, 2.05) is 11.8 Å². The van der Waals surface area contributed by atoms with Crippen LogP contribution in [0.2, 0.25) is 0 Å². The van der Waals surface area contributed by atoms with Crippen LogP contribution in [0.25, 0.3) is 10.9 Å². The number of carboxylic acids is 1. The van der Waals surface area contributed by atoms with Gasteiger partial charge < -0.3 is 24.6 Å². The fourth-order valence-corrected chi connectivity index (χ4v) is 4.18. The molecule has 0 aliphatic carbocycles. The van der Waals surface area contributed by atoms with Gasteiger partial charge in [0, 0.05) is 38.4 Å². The molecule has 4 heterocycles. The molecule has 1 unspecified atom stereocenters. The van der Waals surface area contributed by atoms with Gasteiger partial charge in [0.05, 0.1) is 11.1 Å². The lowest BCUT2D eigenvalue weighted by molar-refractivity contribution is 0.0694. The van der Waals surface area contributed by atoms with Crippen LogP contribution in [-0.4, -0.2) is 53.8 Å². The third kappa shape index (κ3) is 3.04. The number of hydrogen-bond donors (Lipinski definition) is 2. The van der Waals surface area contributed by atoms with Crippen LogP contribution < -0.4 is 25.4 Å². The van der Waals surface area contributed by atoms with Crippen molar-refractivity contribution in [3.05, 3.63) is 45.6 Å². The molecule has 0 bridgehead atoms. The highest BCUT2D eigenvalue weighted by atomic mass is 19.1. The molecule has 1 fully saturated rings. The molecule has 0 saturated carbocycles. The van der Waals surface area contributed by atoms with E-state index >= 15 is 4.39 Å². The number of nitrogens with zero attached hydrogens (tertiary/aromatic N) is 4. The lowest BCUT2D eigenvalue weighted by Gasteiger charge is -2.33. The zero-order valence-electron chi connectivity index (χ0n) is 16.9. The molecule has 2 aliphatic heterocycles. The summed E-state index contributed by atoms with van der Waals surface area (Å²) in [5.74, 6) is -1.21. The van der Waals surface area contributed by atoms with Gasteiger partial charge in [0.25, 0.3) is 0 Å². The molecule has 10 nitrogen and oxygen atoms in total. The van der Waals surface area contributed by atoms with Crippen molar-refractivity contribution in [2.45, 2.75) is 19.4 Å². The summed E-state index contributed by atoms with van der Waals surface area (Å²) in [4.78, 5) is 26.1. The molecule has 1 aromatic carbocycles. The minimum atomic E-state index is -1.36. The van der Waals surface area contributed by atoms with Crippen molar-refractivity contribution in [3.8, 4) is 5.75 Å². The quantitative estimate of drug-likeness (QED) is 0.640. The molecule has 31 heavy (non-hydrogen) atoms. The Bertz CT molecular complexity index is 1270. The molecular formula is C20H20FN5O5. The van der Waals surface area contributed by atoms with E-state index in [1.54, 1.807) is 18.1 Å². The number of rotatable bonds is 4. The summed E-state index contributed by atoms with van der Waals surface area (Å²) in [5, 5.41) is 18.1. The zero-order chi connectivity index (χ0) is 21.9. The number of aromatic carboxylic acids is 1. The second kappa shape index (κ2) is 6.89. The maximum Gasteiger partial charge on any atom is 0.341 e.